The third kappa shape index (κ3) is 1.88. The van der Waals surface area contributed by atoms with Crippen LogP contribution >= 0.6 is 0 Å². The van der Waals surface area contributed by atoms with Gasteiger partial charge in [-0.3, -0.25) is 4.57 Å². The highest BCUT2D eigenvalue weighted by Gasteiger charge is 2.57. The Morgan fingerprint density at radius 1 is 1.36 bits per heavy atom. The maximum atomic E-state index is 10.6. The minimum absolute atomic E-state index is 0.232. The summed E-state index contributed by atoms with van der Waals surface area (Å²) in [5, 5.41) is 29.0. The summed E-state index contributed by atoms with van der Waals surface area (Å²) < 4.78 is 7.52. The monoisotopic (exact) mass is 325 g/mol. The van der Waals surface area contributed by atoms with E-state index in [0.29, 0.717) is 11.2 Å². The van der Waals surface area contributed by atoms with Gasteiger partial charge in [0.25, 0.3) is 0 Å². The number of hydrogen-bond donors (Lipinski definition) is 4. The van der Waals surface area contributed by atoms with Gasteiger partial charge in [0, 0.05) is 0 Å². The molecule has 3 heterocycles. The lowest BCUT2D eigenvalue weighted by atomic mass is 10.1. The van der Waals surface area contributed by atoms with Crippen molar-refractivity contribution in [3.05, 3.63) is 12.7 Å². The van der Waals surface area contributed by atoms with Crippen molar-refractivity contribution in [3.63, 3.8) is 0 Å². The lowest BCUT2D eigenvalue weighted by Crippen LogP contribution is -2.54. The fourth-order valence-electron chi connectivity index (χ4n) is 3.04. The second-order valence-electron chi connectivity index (χ2n) is 5.73. The first kappa shape index (κ1) is 15.3. The maximum absolute atomic E-state index is 10.6. The van der Waals surface area contributed by atoms with Crippen molar-refractivity contribution in [2.75, 3.05) is 12.3 Å². The van der Waals surface area contributed by atoms with E-state index in [1.807, 2.05) is 13.1 Å². The van der Waals surface area contributed by atoms with E-state index in [1.54, 1.807) is 4.57 Å². The Balaban J connectivity index is 2.22. The van der Waals surface area contributed by atoms with Crippen LogP contribution in [0.1, 0.15) is 0 Å². The molecule has 0 unspecified atom stereocenters. The Morgan fingerprint density at radius 2 is 2.09 bits per heavy atom. The second kappa shape index (κ2) is 5.24. The first-order chi connectivity index (χ1) is 10.4. The van der Waals surface area contributed by atoms with Crippen molar-refractivity contribution in [2.24, 2.45) is 0 Å². The van der Waals surface area contributed by atoms with Crippen LogP contribution in [-0.2, 0) is 10.1 Å². The normalized spacial score (nSPS) is 32.2. The molecule has 0 aromatic carbocycles. The maximum Gasteiger partial charge on any atom is 0.167 e. The Bertz CT molecular complexity index is 695. The van der Waals surface area contributed by atoms with Crippen LogP contribution in [0.15, 0.2) is 12.7 Å². The molecule has 5 N–H and O–H groups in total. The number of nitrogens with zero attached hydrogens (tertiary/aromatic N) is 4. The van der Waals surface area contributed by atoms with Crippen LogP contribution in [0.3, 0.4) is 0 Å². The lowest BCUT2D eigenvalue weighted by Gasteiger charge is -2.37. The van der Waals surface area contributed by atoms with Crippen molar-refractivity contribution in [3.8, 4) is 0 Å². The molecule has 2 aromatic heterocycles. The van der Waals surface area contributed by atoms with Crippen LogP contribution in [0.2, 0.25) is 13.1 Å². The molecule has 0 aliphatic carbocycles. The fraction of sp³-hybridized carbons (Fsp3) is 0.583. The summed E-state index contributed by atoms with van der Waals surface area (Å²) in [6.07, 6.45) is -0.437. The number of imidazole rings is 1. The van der Waals surface area contributed by atoms with E-state index < -0.39 is 32.5 Å². The predicted octanol–water partition coefficient (Wildman–Crippen LogP) is -1.80. The molecule has 120 valence electrons. The molecule has 22 heavy (non-hydrogen) atoms. The third-order valence-electron chi connectivity index (χ3n) is 4.21. The first-order valence-corrected chi connectivity index (χ1v) is 9.91. The smallest absolute Gasteiger partial charge is 0.167 e. The van der Waals surface area contributed by atoms with E-state index in [0.717, 1.165) is 0 Å². The zero-order valence-electron chi connectivity index (χ0n) is 12.3. The molecule has 1 saturated heterocycles. The van der Waals surface area contributed by atoms with Gasteiger partial charge >= 0.3 is 0 Å². The molecule has 1 fully saturated rings. The molecule has 1 aliphatic heterocycles. The fourth-order valence-corrected chi connectivity index (χ4v) is 5.11. The van der Waals surface area contributed by atoms with Crippen molar-refractivity contribution < 1.29 is 20.1 Å². The Hall–Kier alpha value is -1.59. The Morgan fingerprint density at radius 3 is 2.68 bits per heavy atom. The Labute approximate surface area is 128 Å². The van der Waals surface area contributed by atoms with Gasteiger partial charge in [-0.15, -0.1) is 0 Å². The van der Waals surface area contributed by atoms with Crippen molar-refractivity contribution in [1.29, 1.82) is 0 Å². The molecule has 1 aliphatic rings. The van der Waals surface area contributed by atoms with E-state index in [2.05, 4.69) is 15.0 Å². The van der Waals surface area contributed by atoms with E-state index >= 15 is 0 Å². The average molecular weight is 325 g/mol. The summed E-state index contributed by atoms with van der Waals surface area (Å²) in [5.74, 6) is 0.232. The molecule has 9 nitrogen and oxygen atoms in total. The van der Waals surface area contributed by atoms with Crippen LogP contribution in [0.5, 0.6) is 0 Å². The zero-order valence-corrected chi connectivity index (χ0v) is 13.4. The molecular weight excluding hydrogens is 306 g/mol. The summed E-state index contributed by atoms with van der Waals surface area (Å²) >= 11 is 0. The average Bonchev–Trinajstić information content (AvgIpc) is 3.02. The molecule has 4 atom stereocenters. The topological polar surface area (TPSA) is 140 Å². The van der Waals surface area contributed by atoms with Crippen LogP contribution in [-0.4, -0.2) is 68.6 Å². The van der Waals surface area contributed by atoms with Crippen LogP contribution in [0.25, 0.3) is 11.2 Å². The number of rotatable bonds is 3. The number of fused-ring (bicyclic) bond motifs is 1. The largest absolute Gasteiger partial charge is 0.394 e. The molecule has 0 radical (unpaired) electrons. The van der Waals surface area contributed by atoms with Gasteiger partial charge in [-0.05, 0) is 0 Å². The predicted molar refractivity (Wildman–Crippen MR) is 80.6 cm³/mol. The molecule has 10 heteroatoms. The van der Waals surface area contributed by atoms with Crippen LogP contribution < -0.4 is 5.73 Å². The van der Waals surface area contributed by atoms with Gasteiger partial charge < -0.3 is 25.8 Å². The summed E-state index contributed by atoms with van der Waals surface area (Å²) in [6.45, 7) is 3.57. The van der Waals surface area contributed by atoms with Gasteiger partial charge in [-0.25, -0.2) is 15.0 Å². The van der Waals surface area contributed by atoms with E-state index in [4.69, 9.17) is 10.5 Å². The molecule has 0 amide bonds. The van der Waals surface area contributed by atoms with Gasteiger partial charge in [-0.2, -0.15) is 0 Å². The molecule has 0 spiro atoms. The molecule has 2 aromatic rings. The highest BCUT2D eigenvalue weighted by atomic mass is 28.3. The quantitative estimate of drug-likeness (QED) is 0.485. The number of anilines is 1. The van der Waals surface area contributed by atoms with Crippen molar-refractivity contribution in [1.82, 2.24) is 19.5 Å². The van der Waals surface area contributed by atoms with Crippen molar-refractivity contribution in [2.45, 2.75) is 36.8 Å². The first-order valence-electron chi connectivity index (χ1n) is 7.02. The third-order valence-corrected chi connectivity index (χ3v) is 6.62. The van der Waals surface area contributed by atoms with Gasteiger partial charge in [0.15, 0.2) is 16.8 Å². The number of nitrogens with two attached hydrogens (primary N) is 1. The summed E-state index contributed by atoms with van der Waals surface area (Å²) in [6, 6.07) is 0. The van der Waals surface area contributed by atoms with E-state index in [9.17, 15) is 15.3 Å². The SMILES string of the molecule is C[SiH](C)[C@@]1(n2cnc3c(N)ncnc32)O[C@H](CO)[C@@H](O)[C@H]1O. The van der Waals surface area contributed by atoms with Gasteiger partial charge in [0.2, 0.25) is 0 Å². The minimum Gasteiger partial charge on any atom is -0.394 e. The summed E-state index contributed by atoms with van der Waals surface area (Å²) in [7, 11) is -1.75. The number of aromatic nitrogens is 4. The highest BCUT2D eigenvalue weighted by molar-refractivity contribution is 6.58. The molecule has 3 rings (SSSR count). The highest BCUT2D eigenvalue weighted by Crippen LogP contribution is 2.39. The van der Waals surface area contributed by atoms with E-state index in [1.165, 1.54) is 12.7 Å². The zero-order chi connectivity index (χ0) is 16.1. The van der Waals surface area contributed by atoms with Gasteiger partial charge in [0.1, 0.15) is 30.2 Å². The molecular formula is C12H19N5O4Si. The van der Waals surface area contributed by atoms with Gasteiger partial charge in [0.05, 0.1) is 21.7 Å². The van der Waals surface area contributed by atoms with Gasteiger partial charge in [-0.1, -0.05) is 13.1 Å². The minimum atomic E-state index is -1.75. The number of nitrogen functional groups attached to an aromatic ring is 1. The summed E-state index contributed by atoms with van der Waals surface area (Å²) in [5.41, 5.74) is 6.64. The number of aliphatic hydroxyl groups excluding tert-OH is 3. The number of ether oxygens (including phenoxy) is 1. The number of aliphatic hydroxyl groups is 3. The lowest BCUT2D eigenvalue weighted by molar-refractivity contribution is -0.0894. The van der Waals surface area contributed by atoms with E-state index in [-0.39, 0.29) is 12.4 Å². The number of hydrogen-bond acceptors (Lipinski definition) is 8. The molecule has 0 saturated carbocycles. The Kier molecular flexibility index (Phi) is 3.65. The van der Waals surface area contributed by atoms with Crippen LogP contribution in [0.4, 0.5) is 5.82 Å². The van der Waals surface area contributed by atoms with Crippen LogP contribution in [0, 0.1) is 0 Å². The van der Waals surface area contributed by atoms with Crippen molar-refractivity contribution >= 4 is 25.8 Å². The molecule has 0 bridgehead atoms. The standard InChI is InChI=1S/C12H19N5O4Si/c1-22(2)12(9(20)8(19)6(3-18)21-12)17-5-16-7-10(13)14-4-15-11(7)17/h4-6,8-9,18-20,22H,3H2,1-2H3,(H2,13,14,15)/t6-,8-,9-,12+/m1/s1. The second-order valence-corrected chi connectivity index (χ2v) is 8.86. The summed E-state index contributed by atoms with van der Waals surface area (Å²) in [4.78, 5) is 12.3.